The second kappa shape index (κ2) is 13.0. The molecule has 1 radical (unpaired) electrons. The molecule has 4 unspecified atom stereocenters. The van der Waals surface area contributed by atoms with Crippen LogP contribution in [0.5, 0.6) is 6.01 Å². The van der Waals surface area contributed by atoms with Crippen molar-refractivity contribution in [2.45, 2.75) is 57.3 Å². The maximum Gasteiger partial charge on any atom is 0.0487 e. The number of nitrogens with two attached hydrogens (primary N) is 1. The molecule has 6 atom stereocenters. The van der Waals surface area contributed by atoms with E-state index >= 15 is 8.78 Å². The number of halogens is 3. The first kappa shape index (κ1) is 35.1. The van der Waals surface area contributed by atoms with E-state index in [1.54, 1.807) is 13.2 Å². The van der Waals surface area contributed by atoms with Crippen LogP contribution in [0.15, 0.2) is 18.2 Å². The topological polar surface area (TPSA) is 97.0 Å². The van der Waals surface area contributed by atoms with Gasteiger partial charge in [0, 0.05) is 20.2 Å². The molecule has 5 aliphatic rings. The van der Waals surface area contributed by atoms with Gasteiger partial charge in [0.15, 0.2) is 0 Å². The van der Waals surface area contributed by atoms with Gasteiger partial charge in [-0.05, 0) is 51.6 Å². The summed E-state index contributed by atoms with van der Waals surface area (Å²) in [6.07, 6.45) is 4.73. The fraction of sp³-hybridized carbons (Fsp3) is 0.526. The van der Waals surface area contributed by atoms with Gasteiger partial charge in [-0.3, -0.25) is 9.69 Å². The van der Waals surface area contributed by atoms with Crippen molar-refractivity contribution >= 4 is 49.1 Å². The Kier molecular flexibility index (Phi) is 8.79. The number of nitrogen functional groups attached to an aromatic ring is 1. The summed E-state index contributed by atoms with van der Waals surface area (Å²) in [5, 5.41) is 1.40. The number of carbonyl (C=O) groups excluding carboxylic acids is 1. The number of likely N-dealkylation sites (N-methyl/N-ethyl adjacent to an activating group) is 1. The molecule has 0 spiro atoms. The number of thiophene rings is 1. The minimum Gasteiger partial charge on any atom is -0.0336 e. The molecule has 2 N–H and O–H groups in total. The number of aromatic nitrogens is 2. The number of amides is 1. The molecule has 5 heterocycles. The fourth-order valence-corrected chi connectivity index (χ4v) is 12.3. The normalized spacial score (nSPS) is 27.8. The number of methoxy groups -OCH3 is 1. The number of nitrogens with zero attached hydrogens (tertiary/aromatic N) is 5. The van der Waals surface area contributed by atoms with Gasteiger partial charge in [-0.15, -0.1) is 0 Å². The molecule has 5 fully saturated rings. The number of likely N-dealkylation sites (tertiary alicyclic amines) is 2. The largest absolute Gasteiger partial charge is 0.0487 e. The molecule has 9 rings (SSSR count). The van der Waals surface area contributed by atoms with Crippen LogP contribution in [0.3, 0.4) is 0 Å². The average molecular weight is 884 g/mol. The molecular weight excluding hydrogens is 844 g/mol. The molecule has 3 saturated heterocycles. The van der Waals surface area contributed by atoms with Crippen LogP contribution in [0.4, 0.5) is 19.6 Å². The van der Waals surface area contributed by atoms with E-state index in [0.29, 0.717) is 83.3 Å². The van der Waals surface area contributed by atoms with Crippen LogP contribution >= 0.6 is 11.3 Å². The van der Waals surface area contributed by atoms with Crippen LogP contribution in [0.2, 0.25) is 0 Å². The molecule has 2 aromatic carbocycles. The third kappa shape index (κ3) is 5.33. The van der Waals surface area contributed by atoms with Crippen molar-refractivity contribution in [1.29, 1.82) is 0 Å². The molecule has 2 bridgehead atoms. The van der Waals surface area contributed by atoms with Gasteiger partial charge in [-0.1, -0.05) is 0 Å². The third-order valence-electron chi connectivity index (χ3n) is 12.7. The van der Waals surface area contributed by atoms with E-state index in [-0.39, 0.29) is 35.2 Å². The summed E-state index contributed by atoms with van der Waals surface area (Å²) >= 11 is 8.06. The van der Waals surface area contributed by atoms with Crippen LogP contribution in [0, 0.1) is 43.2 Å². The Labute approximate surface area is 326 Å². The molecule has 4 aromatic rings. The number of ether oxygens (including phenoxy) is 2. The van der Waals surface area contributed by atoms with Crippen molar-refractivity contribution in [1.82, 2.24) is 19.8 Å². The van der Waals surface area contributed by atoms with Crippen molar-refractivity contribution in [2.24, 2.45) is 23.2 Å². The minimum absolute atomic E-state index is 0.136. The summed E-state index contributed by atoms with van der Waals surface area (Å²) in [6.45, 7) is 5.82. The maximum atomic E-state index is 17.3. The van der Waals surface area contributed by atoms with Crippen molar-refractivity contribution in [3.63, 3.8) is 0 Å². The van der Waals surface area contributed by atoms with Gasteiger partial charge < -0.3 is 9.64 Å². The molecular formula is C38H40F2IN6NiO3S-. The van der Waals surface area contributed by atoms with Crippen LogP contribution in [0.1, 0.15) is 44.6 Å². The number of benzene rings is 2. The Morgan fingerprint density at radius 2 is 2.02 bits per heavy atom. The van der Waals surface area contributed by atoms with Gasteiger partial charge in [0.05, 0.1) is 11.5 Å². The molecule has 14 heteroatoms. The van der Waals surface area contributed by atoms with E-state index in [0.717, 1.165) is 63.1 Å². The number of carbonyl (C=O) groups is 1. The Balaban J connectivity index is 1.13. The van der Waals surface area contributed by atoms with E-state index in [1.807, 2.05) is 17.9 Å². The number of hydrogen-bond acceptors (Lipinski definition) is 9. The number of anilines is 2. The average Bonchev–Trinajstić information content (AvgIpc) is 3.72. The summed E-state index contributed by atoms with van der Waals surface area (Å²) < 4.78 is 45.3. The first-order valence-corrected chi connectivity index (χ1v) is 20.4. The Hall–Kier alpha value is -2.61. The van der Waals surface area contributed by atoms with Crippen LogP contribution in [0.25, 0.3) is 32.1 Å². The molecule has 2 aliphatic carbocycles. The van der Waals surface area contributed by atoms with Gasteiger partial charge in [-0.2, -0.15) is 0 Å². The summed E-state index contributed by atoms with van der Waals surface area (Å²) in [5.74, 6) is 0.943. The molecule has 278 valence electrons. The number of fused-ring (bicyclic) bond motifs is 3. The third-order valence-corrected chi connectivity index (χ3v) is 14.8. The SMILES string of the molecule is COC1CN(C(=O)C23CC4CC2C(CN(c2nc(O[C@@H](C)[C@@H]5CCCN5C)nc5c(F)c(-c6ccc(F)c7sc(N)c([C]#[Ni])c67)c([I-])cc25)C4)C3)C1. The van der Waals surface area contributed by atoms with Crippen molar-refractivity contribution in [2.75, 3.05) is 57.5 Å². The molecule has 2 saturated carbocycles. The van der Waals surface area contributed by atoms with Gasteiger partial charge in [0.25, 0.3) is 0 Å². The van der Waals surface area contributed by atoms with Gasteiger partial charge in [0.1, 0.15) is 0 Å². The maximum absolute atomic E-state index is 17.3. The monoisotopic (exact) mass is 883 g/mol. The van der Waals surface area contributed by atoms with Gasteiger partial charge in [-0.25, -0.2) is 0 Å². The first-order valence-electron chi connectivity index (χ1n) is 18.0. The van der Waals surface area contributed by atoms with E-state index in [1.165, 1.54) is 6.07 Å². The summed E-state index contributed by atoms with van der Waals surface area (Å²) in [7, 11) is 3.80. The van der Waals surface area contributed by atoms with Crippen molar-refractivity contribution in [3.8, 4) is 21.9 Å². The zero-order chi connectivity index (χ0) is 36.2. The first-order chi connectivity index (χ1) is 25.0. The van der Waals surface area contributed by atoms with Crippen LogP contribution in [-0.2, 0) is 24.4 Å². The Bertz CT molecular complexity index is 2190. The summed E-state index contributed by atoms with van der Waals surface area (Å²) in [6, 6.07) is 5.20. The Morgan fingerprint density at radius 3 is 2.75 bits per heavy atom. The van der Waals surface area contributed by atoms with Crippen molar-refractivity contribution in [3.05, 3.63) is 39.0 Å². The van der Waals surface area contributed by atoms with Crippen LogP contribution in [-0.4, -0.2) is 90.8 Å². The summed E-state index contributed by atoms with van der Waals surface area (Å²) in [5.41, 5.74) is 7.32. The molecule has 9 nitrogen and oxygen atoms in total. The fourth-order valence-electron chi connectivity index (χ4n) is 10.2. The smallest absolute Gasteiger partial charge is 0.0336 e. The van der Waals surface area contributed by atoms with E-state index in [2.05, 4.69) is 44.2 Å². The van der Waals surface area contributed by atoms with E-state index in [9.17, 15) is 4.79 Å². The number of hydrogen-bond donors (Lipinski definition) is 1. The predicted molar refractivity (Wildman–Crippen MR) is 188 cm³/mol. The Morgan fingerprint density at radius 1 is 1.21 bits per heavy atom. The quantitative estimate of drug-likeness (QED) is 0.224. The summed E-state index contributed by atoms with van der Waals surface area (Å²) in [4.78, 5) is 33.0. The minimum atomic E-state index is -0.536. The number of rotatable bonds is 7. The molecule has 2 aromatic heterocycles. The standard InChI is InChI=1S/C38H40F2IN6O3S.Ni/c1-18-29-23(7-8-26(39)33(29)51-34(18)42)30-27(41)11-24-32(31(30)40)43-37(50-19(2)28-6-5-9-45(28)3)44-35(24)46-14-20-10-25-21(15-46)13-38(25,12-20)36(48)47-16-22(17-47)49-4;/h7-8,11,19-22,25,28H,5-6,9-10,12-17,42H2,2-4H3;/q-1;/t19-,20?,21?,25?,28-,38?;/m0./s1. The molecule has 52 heavy (non-hydrogen) atoms. The molecule has 3 aliphatic heterocycles. The second-order valence-electron chi connectivity index (χ2n) is 15.5. The van der Waals surface area contributed by atoms with E-state index < -0.39 is 11.6 Å². The zero-order valence-electron chi connectivity index (χ0n) is 29.2. The van der Waals surface area contributed by atoms with Crippen LogP contribution < -0.4 is 38.0 Å². The van der Waals surface area contributed by atoms with E-state index in [4.69, 9.17) is 40.0 Å². The van der Waals surface area contributed by atoms with Crippen molar-refractivity contribution < 1.29 is 60.5 Å². The zero-order valence-corrected chi connectivity index (χ0v) is 33.1. The predicted octanol–water partition coefficient (Wildman–Crippen LogP) is 2.52. The second-order valence-corrected chi connectivity index (χ2v) is 18.0. The molecule has 1 amide bonds. The van der Waals surface area contributed by atoms with Gasteiger partial charge >= 0.3 is 220 Å². The van der Waals surface area contributed by atoms with Gasteiger partial charge in [0.2, 0.25) is 5.91 Å².